The number of amides is 1. The topological polar surface area (TPSA) is 46.6 Å². The molecule has 1 heterocycles. The molecule has 4 heteroatoms. The van der Waals surface area contributed by atoms with E-state index in [1.807, 2.05) is 43.0 Å². The fraction of sp³-hybridized carbons (Fsp3) is 0.579. The molecule has 0 atom stereocenters. The molecule has 0 saturated carbocycles. The highest BCUT2D eigenvalue weighted by Crippen LogP contribution is 2.20. The summed E-state index contributed by atoms with van der Waals surface area (Å²) >= 11 is 0. The highest BCUT2D eigenvalue weighted by molar-refractivity contribution is 5.81. The van der Waals surface area contributed by atoms with Crippen molar-refractivity contribution >= 4 is 11.7 Å². The third-order valence-corrected chi connectivity index (χ3v) is 4.51. The molecule has 1 saturated heterocycles. The van der Waals surface area contributed by atoms with Crippen LogP contribution in [0.1, 0.15) is 45.1 Å². The number of likely N-dealkylation sites (tertiary alicyclic amines) is 1. The number of rotatable bonds is 7. The van der Waals surface area contributed by atoms with Crippen LogP contribution >= 0.6 is 0 Å². The molecule has 0 N–H and O–H groups in total. The average Bonchev–Trinajstić information content (AvgIpc) is 2.60. The van der Waals surface area contributed by atoms with Crippen LogP contribution in [0, 0.1) is 5.92 Å². The van der Waals surface area contributed by atoms with E-state index in [-0.39, 0.29) is 11.8 Å². The SMILES string of the molecule is CCOc1ccc(CCC(=O)N2CCC(C(=O)CC)CC2)cc1. The fourth-order valence-corrected chi connectivity index (χ4v) is 3.07. The zero-order chi connectivity index (χ0) is 16.7. The maximum Gasteiger partial charge on any atom is 0.222 e. The molecule has 0 unspecified atom stereocenters. The van der Waals surface area contributed by atoms with E-state index in [4.69, 9.17) is 4.74 Å². The maximum absolute atomic E-state index is 12.3. The first-order chi connectivity index (χ1) is 11.1. The van der Waals surface area contributed by atoms with Crippen molar-refractivity contribution in [1.29, 1.82) is 0 Å². The Bertz CT molecular complexity index is 516. The van der Waals surface area contributed by atoms with Gasteiger partial charge in [-0.2, -0.15) is 0 Å². The zero-order valence-corrected chi connectivity index (χ0v) is 14.2. The number of nitrogens with zero attached hydrogens (tertiary/aromatic N) is 1. The second-order valence-electron chi connectivity index (χ2n) is 6.05. The lowest BCUT2D eigenvalue weighted by Gasteiger charge is -2.31. The molecule has 1 aromatic carbocycles. The minimum atomic E-state index is 0.162. The minimum absolute atomic E-state index is 0.162. The van der Waals surface area contributed by atoms with Crippen molar-refractivity contribution in [1.82, 2.24) is 4.90 Å². The number of benzene rings is 1. The van der Waals surface area contributed by atoms with Gasteiger partial charge in [0, 0.05) is 31.8 Å². The number of Topliss-reactive ketones (excluding diaryl/α,β-unsaturated/α-hetero) is 1. The number of carbonyl (C=O) groups is 2. The lowest BCUT2D eigenvalue weighted by Crippen LogP contribution is -2.40. The summed E-state index contributed by atoms with van der Waals surface area (Å²) in [7, 11) is 0. The lowest BCUT2D eigenvalue weighted by molar-refractivity contribution is -0.135. The Morgan fingerprint density at radius 3 is 2.35 bits per heavy atom. The molecule has 1 aliphatic rings. The molecule has 4 nitrogen and oxygen atoms in total. The normalized spacial score (nSPS) is 15.5. The molecule has 0 aromatic heterocycles. The number of carbonyl (C=O) groups excluding carboxylic acids is 2. The molecule has 1 amide bonds. The second-order valence-corrected chi connectivity index (χ2v) is 6.05. The highest BCUT2D eigenvalue weighted by atomic mass is 16.5. The Balaban J connectivity index is 1.76. The van der Waals surface area contributed by atoms with E-state index in [0.717, 1.165) is 43.7 Å². The van der Waals surface area contributed by atoms with Gasteiger partial charge in [0.05, 0.1) is 6.61 Å². The van der Waals surface area contributed by atoms with Crippen LogP contribution in [0.5, 0.6) is 5.75 Å². The van der Waals surface area contributed by atoms with Gasteiger partial charge in [-0.1, -0.05) is 19.1 Å². The van der Waals surface area contributed by atoms with Crippen LogP contribution in [-0.4, -0.2) is 36.3 Å². The van der Waals surface area contributed by atoms with Crippen LogP contribution in [0.3, 0.4) is 0 Å². The number of ketones is 1. The van der Waals surface area contributed by atoms with Crippen LogP contribution in [-0.2, 0) is 16.0 Å². The Kier molecular flexibility index (Phi) is 6.63. The molecule has 2 rings (SSSR count). The van der Waals surface area contributed by atoms with Crippen molar-refractivity contribution in [2.24, 2.45) is 5.92 Å². The average molecular weight is 317 g/mol. The third kappa shape index (κ3) is 5.08. The predicted octanol–water partition coefficient (Wildman–Crippen LogP) is 3.24. The van der Waals surface area contributed by atoms with E-state index in [2.05, 4.69) is 0 Å². The number of ether oxygens (including phenoxy) is 1. The first kappa shape index (κ1) is 17.5. The summed E-state index contributed by atoms with van der Waals surface area (Å²) in [5.74, 6) is 1.56. The van der Waals surface area contributed by atoms with Crippen molar-refractivity contribution in [2.75, 3.05) is 19.7 Å². The molecule has 0 aliphatic carbocycles. The molecule has 0 radical (unpaired) electrons. The van der Waals surface area contributed by atoms with Crippen molar-refractivity contribution in [3.8, 4) is 5.75 Å². The molecule has 1 aromatic rings. The first-order valence-corrected chi connectivity index (χ1v) is 8.66. The zero-order valence-electron chi connectivity index (χ0n) is 14.2. The molecular weight excluding hydrogens is 290 g/mol. The van der Waals surface area contributed by atoms with E-state index < -0.39 is 0 Å². The van der Waals surface area contributed by atoms with Gasteiger partial charge in [-0.25, -0.2) is 0 Å². The van der Waals surface area contributed by atoms with E-state index >= 15 is 0 Å². The van der Waals surface area contributed by atoms with Crippen molar-refractivity contribution in [3.63, 3.8) is 0 Å². The monoisotopic (exact) mass is 317 g/mol. The Morgan fingerprint density at radius 2 is 1.78 bits per heavy atom. The Hall–Kier alpha value is -1.84. The summed E-state index contributed by atoms with van der Waals surface area (Å²) in [6, 6.07) is 7.94. The van der Waals surface area contributed by atoms with Crippen LogP contribution in [0.15, 0.2) is 24.3 Å². The first-order valence-electron chi connectivity index (χ1n) is 8.66. The van der Waals surface area contributed by atoms with Crippen LogP contribution in [0.4, 0.5) is 0 Å². The summed E-state index contributed by atoms with van der Waals surface area (Å²) in [6.07, 6.45) is 3.53. The second kappa shape index (κ2) is 8.70. The van der Waals surface area contributed by atoms with Gasteiger partial charge in [-0.3, -0.25) is 9.59 Å². The molecule has 1 aliphatic heterocycles. The van der Waals surface area contributed by atoms with Gasteiger partial charge in [-0.05, 0) is 43.9 Å². The van der Waals surface area contributed by atoms with Crippen molar-refractivity contribution < 1.29 is 14.3 Å². The standard InChI is InChI=1S/C19H27NO3/c1-3-18(21)16-11-13-20(14-12-16)19(22)10-7-15-5-8-17(9-6-15)23-4-2/h5-6,8-9,16H,3-4,7,10-14H2,1-2H3. The van der Waals surface area contributed by atoms with Gasteiger partial charge < -0.3 is 9.64 Å². The third-order valence-electron chi connectivity index (χ3n) is 4.51. The van der Waals surface area contributed by atoms with Crippen LogP contribution in [0.2, 0.25) is 0 Å². The molecular formula is C19H27NO3. The fourth-order valence-electron chi connectivity index (χ4n) is 3.07. The lowest BCUT2D eigenvalue weighted by atomic mass is 9.91. The molecule has 126 valence electrons. The van der Waals surface area contributed by atoms with E-state index in [1.54, 1.807) is 0 Å². The summed E-state index contributed by atoms with van der Waals surface area (Å²) in [6.45, 7) is 5.98. The Morgan fingerprint density at radius 1 is 1.13 bits per heavy atom. The molecule has 0 bridgehead atoms. The summed E-state index contributed by atoms with van der Waals surface area (Å²) < 4.78 is 5.42. The Labute approximate surface area is 138 Å². The molecule has 0 spiro atoms. The van der Waals surface area contributed by atoms with Gasteiger partial charge in [0.25, 0.3) is 0 Å². The number of hydrogen-bond acceptors (Lipinski definition) is 3. The van der Waals surface area contributed by atoms with Gasteiger partial charge in [-0.15, -0.1) is 0 Å². The van der Waals surface area contributed by atoms with Gasteiger partial charge in [0.2, 0.25) is 5.91 Å². The highest BCUT2D eigenvalue weighted by Gasteiger charge is 2.25. The largest absolute Gasteiger partial charge is 0.494 e. The van der Waals surface area contributed by atoms with E-state index in [0.29, 0.717) is 25.2 Å². The number of aryl methyl sites for hydroxylation is 1. The minimum Gasteiger partial charge on any atom is -0.494 e. The van der Waals surface area contributed by atoms with E-state index in [9.17, 15) is 9.59 Å². The molecule has 1 fully saturated rings. The van der Waals surface area contributed by atoms with Crippen molar-refractivity contribution in [2.45, 2.75) is 46.0 Å². The number of hydrogen-bond donors (Lipinski definition) is 0. The van der Waals surface area contributed by atoms with Crippen LogP contribution in [0.25, 0.3) is 0 Å². The quantitative estimate of drug-likeness (QED) is 0.775. The summed E-state index contributed by atoms with van der Waals surface area (Å²) in [5, 5.41) is 0. The van der Waals surface area contributed by atoms with Gasteiger partial charge >= 0.3 is 0 Å². The smallest absolute Gasteiger partial charge is 0.222 e. The van der Waals surface area contributed by atoms with E-state index in [1.165, 1.54) is 0 Å². The predicted molar refractivity (Wildman–Crippen MR) is 90.5 cm³/mol. The van der Waals surface area contributed by atoms with Crippen molar-refractivity contribution in [3.05, 3.63) is 29.8 Å². The number of piperidine rings is 1. The maximum atomic E-state index is 12.3. The summed E-state index contributed by atoms with van der Waals surface area (Å²) in [5.41, 5.74) is 1.15. The summed E-state index contributed by atoms with van der Waals surface area (Å²) in [4.78, 5) is 25.9. The van der Waals surface area contributed by atoms with Crippen LogP contribution < -0.4 is 4.74 Å². The van der Waals surface area contributed by atoms with Gasteiger partial charge in [0.1, 0.15) is 11.5 Å². The molecule has 23 heavy (non-hydrogen) atoms. The van der Waals surface area contributed by atoms with Gasteiger partial charge in [0.15, 0.2) is 0 Å².